The topological polar surface area (TPSA) is 160 Å². The highest BCUT2D eigenvalue weighted by molar-refractivity contribution is 7.71. The van der Waals surface area contributed by atoms with E-state index in [0.29, 0.717) is 43.7 Å². The van der Waals surface area contributed by atoms with Crippen molar-refractivity contribution in [1.29, 1.82) is 0 Å². The van der Waals surface area contributed by atoms with E-state index in [0.717, 1.165) is 45.3 Å². The van der Waals surface area contributed by atoms with Gasteiger partial charge in [-0.2, -0.15) is 14.8 Å². The van der Waals surface area contributed by atoms with Gasteiger partial charge in [0.1, 0.15) is 34.2 Å². The molecule has 8 aromatic rings. The summed E-state index contributed by atoms with van der Waals surface area (Å²) in [6, 6.07) is 20.7. The van der Waals surface area contributed by atoms with Gasteiger partial charge in [0.15, 0.2) is 16.3 Å². The van der Waals surface area contributed by atoms with Gasteiger partial charge >= 0.3 is 10.6 Å². The molecule has 4 aromatic carbocycles. The Balaban J connectivity index is 1.44. The second-order valence-corrected chi connectivity index (χ2v) is 12.8. The van der Waals surface area contributed by atoms with Crippen molar-refractivity contribution < 1.29 is 25.1 Å². The highest BCUT2D eigenvalue weighted by atomic mass is 32.1. The van der Waals surface area contributed by atoms with Crippen LogP contribution in [0.5, 0.6) is 23.0 Å². The third kappa shape index (κ3) is 4.64. The number of phenols is 4. The SMILES string of the molecule is CCn1ccc2c(-n3c(-c4ccc(O)cc4O)[n+](-c4ccc(-n5c(-c6ccc(O)cc6O)n[nH]c5=S)c5c(C)c(C)[nH]c45)[nH]c3=S)cccc21. The number of aryl methyl sites for hydroxylation is 3. The maximum absolute atomic E-state index is 11.3. The number of H-pyrrole nitrogens is 3. The number of benzene rings is 4. The molecule has 0 bridgehead atoms. The standard InChI is InChI=1S/C36H30N8O4S2/c1-4-41-15-14-22-25(41)6-5-7-26(22)43-34(24-11-9-21(46)17-30(24)48)44(40-36(43)50)28-13-12-27(31-18(2)19(3)37-32(28)31)42-33(38-39-35(42)49)23-10-8-20(45)16-29(23)47/h5-17,37H,4H2,1-3H3,(H5,38,39,40,45,46,47,48,49,50)/p+1. The molecule has 12 nitrogen and oxygen atoms in total. The van der Waals surface area contributed by atoms with E-state index < -0.39 is 0 Å². The number of nitrogens with zero attached hydrogens (tertiary/aromatic N) is 5. The molecule has 0 fully saturated rings. The second kappa shape index (κ2) is 11.5. The number of hydrogen-bond acceptors (Lipinski definition) is 7. The van der Waals surface area contributed by atoms with Gasteiger partial charge in [-0.15, -0.1) is 4.68 Å². The summed E-state index contributed by atoms with van der Waals surface area (Å²) >= 11 is 11.8. The number of hydrogen-bond donors (Lipinski definition) is 7. The van der Waals surface area contributed by atoms with Gasteiger partial charge in [-0.05, 0) is 105 Å². The summed E-state index contributed by atoms with van der Waals surface area (Å²) in [5.74, 6) is 0.455. The number of fused-ring (bicyclic) bond motifs is 2. The van der Waals surface area contributed by atoms with Crippen LogP contribution in [-0.2, 0) is 6.54 Å². The number of aromatic amines is 3. The van der Waals surface area contributed by atoms with Gasteiger partial charge in [0.2, 0.25) is 0 Å². The van der Waals surface area contributed by atoms with Crippen LogP contribution in [-0.4, -0.2) is 54.4 Å². The van der Waals surface area contributed by atoms with Crippen molar-refractivity contribution in [3.63, 3.8) is 0 Å². The van der Waals surface area contributed by atoms with E-state index in [1.807, 2.05) is 53.6 Å². The third-order valence-electron chi connectivity index (χ3n) is 9.22. The first-order valence-corrected chi connectivity index (χ1v) is 16.6. The Morgan fingerprint density at radius 3 is 2.22 bits per heavy atom. The molecule has 0 spiro atoms. The zero-order valence-electron chi connectivity index (χ0n) is 27.1. The van der Waals surface area contributed by atoms with E-state index in [1.54, 1.807) is 16.7 Å². The van der Waals surface area contributed by atoms with Crippen molar-refractivity contribution in [3.05, 3.63) is 99.8 Å². The van der Waals surface area contributed by atoms with E-state index in [2.05, 4.69) is 43.9 Å². The van der Waals surface area contributed by atoms with Crippen LogP contribution < -0.4 is 4.68 Å². The fraction of sp³-hybridized carbons (Fsp3) is 0.111. The molecule has 0 unspecified atom stereocenters. The maximum atomic E-state index is 11.3. The predicted octanol–water partition coefficient (Wildman–Crippen LogP) is 7.28. The number of aromatic nitrogens is 8. The minimum absolute atomic E-state index is 0.0738. The van der Waals surface area contributed by atoms with Crippen LogP contribution in [0.15, 0.2) is 79.0 Å². The van der Waals surface area contributed by atoms with Gasteiger partial charge in [-0.25, -0.2) is 0 Å². The summed E-state index contributed by atoms with van der Waals surface area (Å²) in [6.45, 7) is 6.87. The summed E-state index contributed by atoms with van der Waals surface area (Å²) in [5.41, 5.74) is 6.66. The molecule has 0 aliphatic rings. The van der Waals surface area contributed by atoms with Crippen LogP contribution in [0.1, 0.15) is 18.2 Å². The van der Waals surface area contributed by atoms with E-state index in [-0.39, 0.29) is 23.0 Å². The van der Waals surface area contributed by atoms with Crippen LogP contribution in [0.3, 0.4) is 0 Å². The Labute approximate surface area is 294 Å². The van der Waals surface area contributed by atoms with Crippen molar-refractivity contribution in [1.82, 2.24) is 34.0 Å². The Kier molecular flexibility index (Phi) is 7.17. The quantitative estimate of drug-likeness (QED) is 0.0708. The lowest BCUT2D eigenvalue weighted by Crippen LogP contribution is -2.36. The van der Waals surface area contributed by atoms with E-state index in [9.17, 15) is 20.4 Å². The molecule has 0 aliphatic carbocycles. The van der Waals surface area contributed by atoms with Crippen molar-refractivity contribution in [2.24, 2.45) is 0 Å². The van der Waals surface area contributed by atoms with Crippen molar-refractivity contribution in [2.45, 2.75) is 27.3 Å². The highest BCUT2D eigenvalue weighted by Crippen LogP contribution is 2.38. The smallest absolute Gasteiger partial charge is 0.324 e. The first kappa shape index (κ1) is 31.2. The van der Waals surface area contributed by atoms with E-state index in [4.69, 9.17) is 24.4 Å². The van der Waals surface area contributed by atoms with Gasteiger partial charge in [-0.1, -0.05) is 6.07 Å². The van der Waals surface area contributed by atoms with Crippen LogP contribution >= 0.6 is 24.4 Å². The average Bonchev–Trinajstić information content (AvgIpc) is 3.84. The van der Waals surface area contributed by atoms with Gasteiger partial charge in [-0.3, -0.25) is 9.67 Å². The molecular formula is C36H31N8O4S2+. The number of aromatic hydroxyl groups is 4. The van der Waals surface area contributed by atoms with Crippen LogP contribution in [0.4, 0.5) is 0 Å². The van der Waals surface area contributed by atoms with Crippen LogP contribution in [0.25, 0.3) is 61.6 Å². The molecule has 0 saturated carbocycles. The highest BCUT2D eigenvalue weighted by Gasteiger charge is 2.32. The molecule has 4 heterocycles. The Hall–Kier alpha value is -6.12. The summed E-state index contributed by atoms with van der Waals surface area (Å²) in [7, 11) is 0. The van der Waals surface area contributed by atoms with Gasteiger partial charge < -0.3 is 30.0 Å². The Morgan fingerprint density at radius 2 is 1.52 bits per heavy atom. The fourth-order valence-electron chi connectivity index (χ4n) is 6.76. The largest absolute Gasteiger partial charge is 0.508 e. The summed E-state index contributed by atoms with van der Waals surface area (Å²) in [6.07, 6.45) is 2.04. The lowest BCUT2D eigenvalue weighted by Gasteiger charge is -2.12. The molecule has 0 radical (unpaired) electrons. The molecule has 14 heteroatoms. The summed E-state index contributed by atoms with van der Waals surface area (Å²) < 4.78 is 8.30. The van der Waals surface area contributed by atoms with Crippen molar-refractivity contribution in [3.8, 4) is 62.8 Å². The fourth-order valence-corrected chi connectivity index (χ4v) is 7.27. The maximum Gasteiger partial charge on any atom is 0.324 e. The minimum Gasteiger partial charge on any atom is -0.508 e. The molecular weight excluding hydrogens is 673 g/mol. The van der Waals surface area contributed by atoms with Crippen molar-refractivity contribution >= 4 is 46.2 Å². The molecule has 0 atom stereocenters. The second-order valence-electron chi connectivity index (χ2n) is 12.0. The minimum atomic E-state index is -0.151. The number of rotatable bonds is 6. The number of phenolic OH excluding ortho intramolecular Hbond substituents is 4. The zero-order chi connectivity index (χ0) is 35.0. The average molecular weight is 704 g/mol. The zero-order valence-corrected chi connectivity index (χ0v) is 28.7. The Morgan fingerprint density at radius 1 is 0.800 bits per heavy atom. The third-order valence-corrected chi connectivity index (χ3v) is 9.76. The molecule has 7 N–H and O–H groups in total. The van der Waals surface area contributed by atoms with Crippen LogP contribution in [0.2, 0.25) is 0 Å². The van der Waals surface area contributed by atoms with Gasteiger partial charge in [0.25, 0.3) is 0 Å². The summed E-state index contributed by atoms with van der Waals surface area (Å²) in [5, 5.41) is 54.7. The molecule has 0 amide bonds. The van der Waals surface area contributed by atoms with Crippen LogP contribution in [0, 0.1) is 23.4 Å². The molecule has 0 saturated heterocycles. The molecule has 4 aromatic heterocycles. The monoisotopic (exact) mass is 703 g/mol. The molecule has 250 valence electrons. The predicted molar refractivity (Wildman–Crippen MR) is 195 cm³/mol. The van der Waals surface area contributed by atoms with E-state index in [1.165, 1.54) is 24.3 Å². The van der Waals surface area contributed by atoms with E-state index >= 15 is 0 Å². The molecule has 0 aliphatic heterocycles. The first-order chi connectivity index (χ1) is 24.1. The van der Waals surface area contributed by atoms with Gasteiger partial charge in [0.05, 0.1) is 22.3 Å². The lowest BCUT2D eigenvalue weighted by atomic mass is 10.1. The molecule has 50 heavy (non-hydrogen) atoms. The lowest BCUT2D eigenvalue weighted by molar-refractivity contribution is -0.645. The first-order valence-electron chi connectivity index (χ1n) is 15.8. The summed E-state index contributed by atoms with van der Waals surface area (Å²) in [4.78, 5) is 3.55. The van der Waals surface area contributed by atoms with Gasteiger partial charge in [0, 0.05) is 41.3 Å². The van der Waals surface area contributed by atoms with Crippen molar-refractivity contribution in [2.75, 3.05) is 0 Å². The molecule has 8 rings (SSSR count). The normalized spacial score (nSPS) is 11.7. The number of nitrogens with one attached hydrogen (secondary N) is 3. The Bertz CT molecular complexity index is 2780.